The highest BCUT2D eigenvalue weighted by molar-refractivity contribution is 7.92. The van der Waals surface area contributed by atoms with E-state index in [1.165, 1.54) is 4.90 Å². The molecule has 0 N–H and O–H groups in total. The minimum absolute atomic E-state index is 0.0150. The van der Waals surface area contributed by atoms with Crippen molar-refractivity contribution in [3.8, 4) is 0 Å². The number of carbonyl (C=O) groups is 2. The Hall–Kier alpha value is -1.69. The Balaban J connectivity index is 2.27. The summed E-state index contributed by atoms with van der Waals surface area (Å²) in [7, 11) is -3.24. The van der Waals surface area contributed by atoms with Crippen LogP contribution in [0.4, 0.5) is 5.69 Å². The van der Waals surface area contributed by atoms with Crippen molar-refractivity contribution in [1.82, 2.24) is 0 Å². The lowest BCUT2D eigenvalue weighted by atomic mass is 10.1. The van der Waals surface area contributed by atoms with Gasteiger partial charge in [-0.15, -0.1) is 0 Å². The van der Waals surface area contributed by atoms with Gasteiger partial charge in [-0.3, -0.25) is 9.59 Å². The van der Waals surface area contributed by atoms with Crippen molar-refractivity contribution >= 4 is 27.2 Å². The molecule has 108 valence electrons. The third-order valence-corrected chi connectivity index (χ3v) is 5.63. The van der Waals surface area contributed by atoms with Crippen molar-refractivity contribution in [3.05, 3.63) is 29.3 Å². The summed E-state index contributed by atoms with van der Waals surface area (Å²) < 4.78 is 23.6. The van der Waals surface area contributed by atoms with E-state index in [-0.39, 0.29) is 12.3 Å². The van der Waals surface area contributed by atoms with E-state index in [0.29, 0.717) is 11.3 Å². The quantitative estimate of drug-likeness (QED) is 0.786. The van der Waals surface area contributed by atoms with Crippen LogP contribution in [0.25, 0.3) is 0 Å². The molecule has 20 heavy (non-hydrogen) atoms. The summed E-state index contributed by atoms with van der Waals surface area (Å²) >= 11 is 0. The Morgan fingerprint density at radius 3 is 2.45 bits per heavy atom. The molecule has 0 unspecified atom stereocenters. The summed E-state index contributed by atoms with van der Waals surface area (Å²) in [6, 6.07) is 5.15. The van der Waals surface area contributed by atoms with Gasteiger partial charge >= 0.3 is 0 Å². The van der Waals surface area contributed by atoms with E-state index < -0.39 is 26.8 Å². The molecule has 1 aromatic carbocycles. The predicted octanol–water partition coefficient (Wildman–Crippen LogP) is 1.35. The van der Waals surface area contributed by atoms with Crippen molar-refractivity contribution in [2.75, 3.05) is 17.2 Å². The number of sulfone groups is 1. The highest BCUT2D eigenvalue weighted by atomic mass is 32.2. The van der Waals surface area contributed by atoms with Gasteiger partial charge in [0.1, 0.15) is 0 Å². The molecule has 0 bridgehead atoms. The molecule has 0 fully saturated rings. The van der Waals surface area contributed by atoms with Gasteiger partial charge in [-0.1, -0.05) is 11.6 Å². The van der Waals surface area contributed by atoms with Gasteiger partial charge in [-0.2, -0.15) is 0 Å². The van der Waals surface area contributed by atoms with Crippen molar-refractivity contribution in [2.45, 2.75) is 26.0 Å². The van der Waals surface area contributed by atoms with Crippen LogP contribution in [-0.4, -0.2) is 37.7 Å². The molecule has 1 heterocycles. The van der Waals surface area contributed by atoms with Crippen molar-refractivity contribution < 1.29 is 18.0 Å². The molecule has 0 spiro atoms. The smallest absolute Gasteiger partial charge is 0.299 e. The molecule has 0 saturated carbocycles. The molecule has 0 aromatic heterocycles. The van der Waals surface area contributed by atoms with E-state index >= 15 is 0 Å². The number of benzene rings is 1. The van der Waals surface area contributed by atoms with E-state index in [9.17, 15) is 18.0 Å². The average Bonchev–Trinajstić information content (AvgIpc) is 2.60. The monoisotopic (exact) mass is 295 g/mol. The Morgan fingerprint density at radius 1 is 1.20 bits per heavy atom. The summed E-state index contributed by atoms with van der Waals surface area (Å²) in [5, 5.41) is -0.492. The first kappa shape index (κ1) is 14.7. The maximum Gasteiger partial charge on any atom is 0.299 e. The summed E-state index contributed by atoms with van der Waals surface area (Å²) in [4.78, 5) is 25.1. The molecule has 0 aliphatic carbocycles. The zero-order valence-electron chi connectivity index (χ0n) is 11.7. The van der Waals surface area contributed by atoms with Gasteiger partial charge in [0.05, 0.1) is 22.3 Å². The van der Waals surface area contributed by atoms with Crippen LogP contribution in [0.5, 0.6) is 0 Å². The fraction of sp³-hybridized carbons (Fsp3) is 0.429. The number of carbonyl (C=O) groups excluding carboxylic acids is 2. The van der Waals surface area contributed by atoms with Gasteiger partial charge in [0.2, 0.25) is 0 Å². The third-order valence-electron chi connectivity index (χ3n) is 3.44. The molecule has 1 aliphatic rings. The molecule has 0 saturated heterocycles. The Morgan fingerprint density at radius 2 is 1.85 bits per heavy atom. The van der Waals surface area contributed by atoms with Gasteiger partial charge in [0.25, 0.3) is 11.7 Å². The molecule has 6 heteroatoms. The van der Waals surface area contributed by atoms with E-state index in [4.69, 9.17) is 0 Å². The van der Waals surface area contributed by atoms with E-state index in [2.05, 4.69) is 0 Å². The summed E-state index contributed by atoms with van der Waals surface area (Å²) in [5.74, 6) is -1.35. The first-order valence-corrected chi connectivity index (χ1v) is 8.14. The first-order chi connectivity index (χ1) is 9.24. The van der Waals surface area contributed by atoms with Crippen molar-refractivity contribution in [1.29, 1.82) is 0 Å². The van der Waals surface area contributed by atoms with Crippen LogP contribution in [0.1, 0.15) is 29.8 Å². The van der Waals surface area contributed by atoms with Crippen LogP contribution in [0.15, 0.2) is 18.2 Å². The maximum absolute atomic E-state index is 11.9. The van der Waals surface area contributed by atoms with Gasteiger partial charge in [-0.25, -0.2) is 8.42 Å². The second kappa shape index (κ2) is 5.01. The summed E-state index contributed by atoms with van der Waals surface area (Å²) in [5.41, 5.74) is 1.75. The maximum atomic E-state index is 11.9. The van der Waals surface area contributed by atoms with Gasteiger partial charge < -0.3 is 4.90 Å². The minimum atomic E-state index is -3.24. The molecule has 5 nitrogen and oxygen atoms in total. The topological polar surface area (TPSA) is 71.5 Å². The summed E-state index contributed by atoms with van der Waals surface area (Å²) in [6.45, 7) is 5.05. The largest absolute Gasteiger partial charge is 0.304 e. The lowest BCUT2D eigenvalue weighted by molar-refractivity contribution is -0.114. The lowest BCUT2D eigenvalue weighted by Crippen LogP contribution is -2.35. The number of amides is 1. The Kier molecular flexibility index (Phi) is 3.69. The SMILES string of the molecule is Cc1ccc2c(c1)C(=O)C(=O)N2CCS(=O)(=O)C(C)C. The second-order valence-corrected chi connectivity index (χ2v) is 7.90. The first-order valence-electron chi connectivity index (χ1n) is 6.42. The number of fused-ring (bicyclic) bond motifs is 1. The highest BCUT2D eigenvalue weighted by Gasteiger charge is 2.36. The molecular weight excluding hydrogens is 278 g/mol. The van der Waals surface area contributed by atoms with Crippen LogP contribution in [0.3, 0.4) is 0 Å². The Labute approximate surface area is 118 Å². The molecule has 0 radical (unpaired) electrons. The molecule has 1 aliphatic heterocycles. The molecule has 1 aromatic rings. The number of hydrogen-bond acceptors (Lipinski definition) is 4. The van der Waals surface area contributed by atoms with E-state index in [1.54, 1.807) is 32.0 Å². The average molecular weight is 295 g/mol. The minimum Gasteiger partial charge on any atom is -0.304 e. The van der Waals surface area contributed by atoms with Gasteiger partial charge in [0.15, 0.2) is 9.84 Å². The molecular formula is C14H17NO4S. The van der Waals surface area contributed by atoms with Crippen LogP contribution in [0, 0.1) is 6.92 Å². The van der Waals surface area contributed by atoms with E-state index in [0.717, 1.165) is 5.56 Å². The normalized spacial score (nSPS) is 15.1. The number of hydrogen-bond donors (Lipinski definition) is 0. The molecule has 2 rings (SSSR count). The zero-order valence-corrected chi connectivity index (χ0v) is 12.5. The van der Waals surface area contributed by atoms with Crippen LogP contribution >= 0.6 is 0 Å². The lowest BCUT2D eigenvalue weighted by Gasteiger charge is -2.17. The fourth-order valence-electron chi connectivity index (χ4n) is 2.09. The predicted molar refractivity (Wildman–Crippen MR) is 76.8 cm³/mol. The van der Waals surface area contributed by atoms with Gasteiger partial charge in [0, 0.05) is 6.54 Å². The van der Waals surface area contributed by atoms with Gasteiger partial charge in [-0.05, 0) is 32.9 Å². The van der Waals surface area contributed by atoms with Crippen LogP contribution in [-0.2, 0) is 14.6 Å². The number of rotatable bonds is 4. The number of ketones is 1. The number of Topliss-reactive ketones (excluding diaryl/α,β-unsaturated/α-hetero) is 1. The third kappa shape index (κ3) is 2.47. The fourth-order valence-corrected chi connectivity index (χ4v) is 3.00. The molecule has 1 amide bonds. The number of anilines is 1. The second-order valence-electron chi connectivity index (χ2n) is 5.22. The van der Waals surface area contributed by atoms with Crippen molar-refractivity contribution in [3.63, 3.8) is 0 Å². The summed E-state index contributed by atoms with van der Waals surface area (Å²) in [6.07, 6.45) is 0. The van der Waals surface area contributed by atoms with E-state index in [1.807, 2.05) is 6.92 Å². The standard InChI is InChI=1S/C14H17NO4S/c1-9(2)20(18,19)7-6-15-12-5-4-10(3)8-11(12)13(16)14(15)17/h4-5,8-9H,6-7H2,1-3H3. The van der Waals surface area contributed by atoms with Crippen LogP contribution < -0.4 is 4.90 Å². The zero-order chi connectivity index (χ0) is 15.1. The number of aryl methyl sites for hydroxylation is 1. The van der Waals surface area contributed by atoms with Crippen LogP contribution in [0.2, 0.25) is 0 Å². The molecule has 0 atom stereocenters. The highest BCUT2D eigenvalue weighted by Crippen LogP contribution is 2.29. The number of nitrogens with zero attached hydrogens (tertiary/aromatic N) is 1. The van der Waals surface area contributed by atoms with Crippen molar-refractivity contribution in [2.24, 2.45) is 0 Å². The Bertz CT molecular complexity index is 676.